The number of fused-ring (bicyclic) bond motifs is 1. The van der Waals surface area contributed by atoms with Gasteiger partial charge in [0.25, 0.3) is 0 Å². The molecule has 0 bridgehead atoms. The van der Waals surface area contributed by atoms with E-state index in [2.05, 4.69) is 30.1 Å². The SMILES string of the molecule is CCc1cccc2sc(N(Cc3ccccn3)C(=O)CCCSc3ccc(OC)cc3)nc12. The van der Waals surface area contributed by atoms with Crippen LogP contribution < -0.4 is 9.64 Å². The Balaban J connectivity index is 1.46. The molecule has 2 aromatic carbocycles. The third-order valence-electron chi connectivity index (χ3n) is 5.31. The number of pyridine rings is 1. The second kappa shape index (κ2) is 11.3. The minimum absolute atomic E-state index is 0.0769. The summed E-state index contributed by atoms with van der Waals surface area (Å²) in [6.07, 6.45) is 3.93. The number of nitrogens with zero attached hydrogens (tertiary/aromatic N) is 3. The number of aryl methyl sites for hydroxylation is 1. The molecule has 0 saturated heterocycles. The molecule has 4 rings (SSSR count). The number of aromatic nitrogens is 2. The maximum Gasteiger partial charge on any atom is 0.229 e. The fraction of sp³-hybridized carbons (Fsp3) is 0.269. The van der Waals surface area contributed by atoms with Crippen molar-refractivity contribution in [3.05, 3.63) is 78.1 Å². The van der Waals surface area contributed by atoms with Crippen LogP contribution in [0.2, 0.25) is 0 Å². The Morgan fingerprint density at radius 1 is 1.09 bits per heavy atom. The molecule has 0 saturated carbocycles. The molecule has 1 amide bonds. The van der Waals surface area contributed by atoms with E-state index < -0.39 is 0 Å². The van der Waals surface area contributed by atoms with Crippen molar-refractivity contribution in [1.82, 2.24) is 9.97 Å². The Labute approximate surface area is 202 Å². The number of rotatable bonds is 10. The largest absolute Gasteiger partial charge is 0.497 e. The Kier molecular flexibility index (Phi) is 7.96. The van der Waals surface area contributed by atoms with Crippen molar-refractivity contribution in [2.24, 2.45) is 0 Å². The van der Waals surface area contributed by atoms with E-state index in [0.29, 0.717) is 13.0 Å². The van der Waals surface area contributed by atoms with E-state index in [1.54, 1.807) is 41.3 Å². The van der Waals surface area contributed by atoms with Crippen molar-refractivity contribution in [2.75, 3.05) is 17.8 Å². The fourth-order valence-corrected chi connectivity index (χ4v) is 5.41. The summed E-state index contributed by atoms with van der Waals surface area (Å²) in [5.74, 6) is 1.80. The predicted octanol–water partition coefficient (Wildman–Crippen LogP) is 6.37. The first-order chi connectivity index (χ1) is 16.2. The van der Waals surface area contributed by atoms with Crippen LogP contribution in [-0.2, 0) is 17.8 Å². The molecule has 2 aromatic heterocycles. The number of hydrogen-bond donors (Lipinski definition) is 0. The molecule has 2 heterocycles. The van der Waals surface area contributed by atoms with Crippen molar-refractivity contribution in [1.29, 1.82) is 0 Å². The minimum Gasteiger partial charge on any atom is -0.497 e. The van der Waals surface area contributed by atoms with E-state index in [1.165, 1.54) is 10.5 Å². The Hall–Kier alpha value is -2.90. The zero-order valence-electron chi connectivity index (χ0n) is 18.9. The molecule has 0 unspecified atom stereocenters. The first-order valence-corrected chi connectivity index (χ1v) is 12.8. The van der Waals surface area contributed by atoms with E-state index in [9.17, 15) is 4.79 Å². The summed E-state index contributed by atoms with van der Waals surface area (Å²) in [5.41, 5.74) is 3.05. The lowest BCUT2D eigenvalue weighted by Gasteiger charge is -2.19. The number of methoxy groups -OCH3 is 1. The molecule has 0 N–H and O–H groups in total. The number of hydrogen-bond acceptors (Lipinski definition) is 6. The highest BCUT2D eigenvalue weighted by atomic mass is 32.2. The standard InChI is InChI=1S/C26H27N3O2S2/c1-3-19-8-6-10-23-25(19)28-26(33-23)29(18-20-9-4-5-16-27-20)24(30)11-7-17-32-22-14-12-21(31-2)13-15-22/h4-6,8-10,12-16H,3,7,11,17-18H2,1-2H3. The Morgan fingerprint density at radius 2 is 1.94 bits per heavy atom. The molecule has 0 aliphatic carbocycles. The highest BCUT2D eigenvalue weighted by Gasteiger charge is 2.21. The van der Waals surface area contributed by atoms with Crippen LogP contribution >= 0.6 is 23.1 Å². The van der Waals surface area contributed by atoms with E-state index in [0.717, 1.165) is 45.4 Å². The van der Waals surface area contributed by atoms with E-state index in [4.69, 9.17) is 9.72 Å². The van der Waals surface area contributed by atoms with Crippen LogP contribution in [0.4, 0.5) is 5.13 Å². The average molecular weight is 478 g/mol. The number of anilines is 1. The average Bonchev–Trinajstić information content (AvgIpc) is 3.30. The molecule has 4 aromatic rings. The van der Waals surface area contributed by atoms with Gasteiger partial charge in [0.1, 0.15) is 5.75 Å². The normalized spacial score (nSPS) is 11.0. The number of thiazole rings is 1. The number of benzene rings is 2. The highest BCUT2D eigenvalue weighted by Crippen LogP contribution is 2.32. The van der Waals surface area contributed by atoms with Crippen LogP contribution in [0.3, 0.4) is 0 Å². The highest BCUT2D eigenvalue weighted by molar-refractivity contribution is 7.99. The molecule has 170 valence electrons. The van der Waals surface area contributed by atoms with Crippen molar-refractivity contribution in [2.45, 2.75) is 37.6 Å². The zero-order valence-corrected chi connectivity index (χ0v) is 20.5. The first-order valence-electron chi connectivity index (χ1n) is 11.0. The summed E-state index contributed by atoms with van der Waals surface area (Å²) in [6.45, 7) is 2.55. The first kappa shape index (κ1) is 23.3. The quantitative estimate of drug-likeness (QED) is 0.196. The van der Waals surface area contributed by atoms with Gasteiger partial charge in [0.05, 0.1) is 29.6 Å². The van der Waals surface area contributed by atoms with Gasteiger partial charge in [-0.15, -0.1) is 11.8 Å². The lowest BCUT2D eigenvalue weighted by Crippen LogP contribution is -2.30. The van der Waals surface area contributed by atoms with Crippen LogP contribution in [0, 0.1) is 0 Å². The smallest absolute Gasteiger partial charge is 0.229 e. The molecule has 33 heavy (non-hydrogen) atoms. The topological polar surface area (TPSA) is 55.3 Å². The Morgan fingerprint density at radius 3 is 2.67 bits per heavy atom. The second-order valence-electron chi connectivity index (χ2n) is 7.54. The maximum atomic E-state index is 13.3. The summed E-state index contributed by atoms with van der Waals surface area (Å²) in [7, 11) is 1.67. The van der Waals surface area contributed by atoms with Gasteiger partial charge in [-0.25, -0.2) is 4.98 Å². The number of carbonyl (C=O) groups is 1. The van der Waals surface area contributed by atoms with Crippen LogP contribution in [0.1, 0.15) is 31.0 Å². The molecule has 0 fully saturated rings. The van der Waals surface area contributed by atoms with Crippen molar-refractivity contribution in [3.8, 4) is 5.75 Å². The molecule has 0 aliphatic heterocycles. The van der Waals surface area contributed by atoms with Crippen LogP contribution in [0.15, 0.2) is 71.8 Å². The molecular formula is C26H27N3O2S2. The number of thioether (sulfide) groups is 1. The molecule has 0 radical (unpaired) electrons. The lowest BCUT2D eigenvalue weighted by molar-refractivity contribution is -0.118. The van der Waals surface area contributed by atoms with Gasteiger partial charge in [0, 0.05) is 17.5 Å². The number of amides is 1. The number of carbonyl (C=O) groups excluding carboxylic acids is 1. The Bertz CT molecular complexity index is 1190. The lowest BCUT2D eigenvalue weighted by atomic mass is 10.1. The molecular weight excluding hydrogens is 450 g/mol. The van der Waals surface area contributed by atoms with Gasteiger partial charge in [-0.3, -0.25) is 14.7 Å². The van der Waals surface area contributed by atoms with Gasteiger partial charge in [-0.2, -0.15) is 0 Å². The maximum absolute atomic E-state index is 13.3. The molecule has 5 nitrogen and oxygen atoms in total. The molecule has 0 atom stereocenters. The summed E-state index contributed by atoms with van der Waals surface area (Å²) in [5, 5.41) is 0.740. The van der Waals surface area contributed by atoms with Crippen molar-refractivity contribution in [3.63, 3.8) is 0 Å². The van der Waals surface area contributed by atoms with E-state index in [1.807, 2.05) is 42.5 Å². The van der Waals surface area contributed by atoms with Crippen LogP contribution in [0.25, 0.3) is 10.2 Å². The zero-order chi connectivity index (χ0) is 23.0. The minimum atomic E-state index is 0.0769. The second-order valence-corrected chi connectivity index (χ2v) is 9.72. The van der Waals surface area contributed by atoms with E-state index >= 15 is 0 Å². The summed E-state index contributed by atoms with van der Waals surface area (Å²) < 4.78 is 6.32. The third kappa shape index (κ3) is 5.92. The van der Waals surface area contributed by atoms with Crippen molar-refractivity contribution >= 4 is 44.4 Å². The summed E-state index contributed by atoms with van der Waals surface area (Å²) in [4.78, 5) is 25.6. The van der Waals surface area contributed by atoms with Gasteiger partial charge >= 0.3 is 0 Å². The third-order valence-corrected chi connectivity index (χ3v) is 7.46. The van der Waals surface area contributed by atoms with Gasteiger partial charge in [0.2, 0.25) is 5.91 Å². The molecule has 0 aliphatic rings. The van der Waals surface area contributed by atoms with E-state index in [-0.39, 0.29) is 5.91 Å². The summed E-state index contributed by atoms with van der Waals surface area (Å²) >= 11 is 3.32. The monoisotopic (exact) mass is 477 g/mol. The van der Waals surface area contributed by atoms with Gasteiger partial charge in [-0.1, -0.05) is 36.5 Å². The van der Waals surface area contributed by atoms with Gasteiger partial charge in [0.15, 0.2) is 5.13 Å². The summed E-state index contributed by atoms with van der Waals surface area (Å²) in [6, 6.07) is 20.0. The molecule has 7 heteroatoms. The fourth-order valence-electron chi connectivity index (χ4n) is 3.53. The van der Waals surface area contributed by atoms with Gasteiger partial charge < -0.3 is 4.74 Å². The molecule has 0 spiro atoms. The van der Waals surface area contributed by atoms with Crippen LogP contribution in [-0.4, -0.2) is 28.7 Å². The van der Waals surface area contributed by atoms with Crippen molar-refractivity contribution < 1.29 is 9.53 Å². The van der Waals surface area contributed by atoms with Gasteiger partial charge in [-0.05, 0) is 66.6 Å². The van der Waals surface area contributed by atoms with Crippen LogP contribution in [0.5, 0.6) is 5.75 Å². The predicted molar refractivity (Wildman–Crippen MR) is 137 cm³/mol. The number of ether oxygens (including phenoxy) is 1. The number of para-hydroxylation sites is 1.